The van der Waals surface area contributed by atoms with E-state index in [4.69, 9.17) is 0 Å². The maximum Gasteiger partial charge on any atom is 0.0257 e. The standard InChI is InChI=1S/C22H46N4/c1-2-4-7-11-15-19-22(18-14-10-6-3-1)26-21-17-13-9-5-8-12-16-20-23-24-25-26/h22-25H,1-21H2. The van der Waals surface area contributed by atoms with Crippen molar-refractivity contribution < 1.29 is 0 Å². The largest absolute Gasteiger partial charge is 0.243 e. The fourth-order valence-corrected chi connectivity index (χ4v) is 4.51. The van der Waals surface area contributed by atoms with Crippen molar-refractivity contribution in [3.63, 3.8) is 0 Å². The van der Waals surface area contributed by atoms with E-state index in [1.54, 1.807) is 0 Å². The fraction of sp³-hybridized carbons (Fsp3) is 1.00. The summed E-state index contributed by atoms with van der Waals surface area (Å²) in [7, 11) is 0. The molecule has 0 unspecified atom stereocenters. The molecular weight excluding hydrogens is 320 g/mol. The van der Waals surface area contributed by atoms with Crippen LogP contribution in [0, 0.1) is 0 Å². The van der Waals surface area contributed by atoms with Crippen molar-refractivity contribution in [2.24, 2.45) is 0 Å². The minimum Gasteiger partial charge on any atom is -0.243 e. The molecule has 0 atom stereocenters. The molecule has 0 radical (unpaired) electrons. The number of rotatable bonds is 1. The minimum absolute atomic E-state index is 0.690. The topological polar surface area (TPSA) is 39.3 Å². The SMILES string of the molecule is C1CCCCCCC(N2CCCCCCCCCNNN2)CCCCC1. The Labute approximate surface area is 163 Å². The van der Waals surface area contributed by atoms with Gasteiger partial charge in [0, 0.05) is 19.1 Å². The van der Waals surface area contributed by atoms with Gasteiger partial charge in [0.05, 0.1) is 0 Å². The van der Waals surface area contributed by atoms with Gasteiger partial charge in [-0.3, -0.25) is 0 Å². The summed E-state index contributed by atoms with van der Waals surface area (Å²) >= 11 is 0. The zero-order chi connectivity index (χ0) is 18.1. The third-order valence-electron chi connectivity index (χ3n) is 6.25. The molecule has 0 amide bonds. The number of hydrogen-bond acceptors (Lipinski definition) is 4. The molecule has 0 bridgehead atoms. The van der Waals surface area contributed by atoms with Gasteiger partial charge in [0.25, 0.3) is 0 Å². The van der Waals surface area contributed by atoms with E-state index in [-0.39, 0.29) is 0 Å². The van der Waals surface area contributed by atoms with Crippen molar-refractivity contribution in [2.45, 2.75) is 128 Å². The predicted octanol–water partition coefficient (Wildman–Crippen LogP) is 5.61. The summed E-state index contributed by atoms with van der Waals surface area (Å²) in [5.41, 5.74) is 10.2. The van der Waals surface area contributed by atoms with E-state index >= 15 is 0 Å². The van der Waals surface area contributed by atoms with Gasteiger partial charge in [0.15, 0.2) is 0 Å². The zero-order valence-electron chi connectivity index (χ0n) is 17.4. The molecule has 26 heavy (non-hydrogen) atoms. The van der Waals surface area contributed by atoms with Crippen LogP contribution in [0.1, 0.15) is 122 Å². The number of nitrogens with one attached hydrogen (secondary N) is 3. The molecule has 2 fully saturated rings. The lowest BCUT2D eigenvalue weighted by Crippen LogP contribution is -2.56. The first-order chi connectivity index (χ1) is 13.0. The van der Waals surface area contributed by atoms with Gasteiger partial charge < -0.3 is 0 Å². The molecular formula is C22H46N4. The Morgan fingerprint density at radius 1 is 0.500 bits per heavy atom. The normalized spacial score (nSPS) is 26.3. The molecule has 1 aliphatic heterocycles. The van der Waals surface area contributed by atoms with Gasteiger partial charge in [-0.1, -0.05) is 96.3 Å². The Hall–Kier alpha value is -0.160. The van der Waals surface area contributed by atoms with Gasteiger partial charge in [-0.25, -0.2) is 10.4 Å². The van der Waals surface area contributed by atoms with Crippen molar-refractivity contribution in [3.05, 3.63) is 0 Å². The van der Waals surface area contributed by atoms with Crippen LogP contribution in [0.2, 0.25) is 0 Å². The summed E-state index contributed by atoms with van der Waals surface area (Å²) in [4.78, 5) is 0. The van der Waals surface area contributed by atoms with Crippen LogP contribution in [-0.4, -0.2) is 24.1 Å². The maximum absolute atomic E-state index is 3.52. The summed E-state index contributed by atoms with van der Waals surface area (Å²) in [6.45, 7) is 2.24. The van der Waals surface area contributed by atoms with Crippen molar-refractivity contribution in [3.8, 4) is 0 Å². The van der Waals surface area contributed by atoms with Crippen molar-refractivity contribution >= 4 is 0 Å². The monoisotopic (exact) mass is 366 g/mol. The highest BCUT2D eigenvalue weighted by Crippen LogP contribution is 2.20. The van der Waals surface area contributed by atoms with Gasteiger partial charge in [0.1, 0.15) is 0 Å². The van der Waals surface area contributed by atoms with E-state index in [9.17, 15) is 0 Å². The molecule has 4 nitrogen and oxygen atoms in total. The molecule has 0 aromatic rings. The molecule has 3 N–H and O–H groups in total. The fourth-order valence-electron chi connectivity index (χ4n) is 4.51. The highest BCUT2D eigenvalue weighted by molar-refractivity contribution is 4.70. The van der Waals surface area contributed by atoms with Crippen LogP contribution in [-0.2, 0) is 0 Å². The van der Waals surface area contributed by atoms with E-state index in [1.807, 2.05) is 0 Å². The summed E-state index contributed by atoms with van der Waals surface area (Å²) in [6.07, 6.45) is 26.7. The average molecular weight is 367 g/mol. The second-order valence-electron chi connectivity index (χ2n) is 8.60. The Balaban J connectivity index is 1.83. The third kappa shape index (κ3) is 10.9. The average Bonchev–Trinajstić information content (AvgIpc) is 2.70. The van der Waals surface area contributed by atoms with E-state index in [2.05, 4.69) is 21.5 Å². The van der Waals surface area contributed by atoms with E-state index in [0.29, 0.717) is 6.04 Å². The van der Waals surface area contributed by atoms with E-state index < -0.39 is 0 Å². The first kappa shape index (κ1) is 22.1. The summed E-state index contributed by atoms with van der Waals surface area (Å²) in [5, 5.41) is 2.53. The molecule has 0 aromatic heterocycles. The van der Waals surface area contributed by atoms with Crippen molar-refractivity contribution in [1.82, 2.24) is 21.5 Å². The van der Waals surface area contributed by atoms with Gasteiger partial charge in [-0.2, -0.15) is 11.1 Å². The predicted molar refractivity (Wildman–Crippen MR) is 112 cm³/mol. The smallest absolute Gasteiger partial charge is 0.0257 e. The summed E-state index contributed by atoms with van der Waals surface area (Å²) in [5.74, 6) is 0. The van der Waals surface area contributed by atoms with Crippen LogP contribution in [0.5, 0.6) is 0 Å². The van der Waals surface area contributed by atoms with E-state index in [1.165, 1.54) is 129 Å². The lowest BCUT2D eigenvalue weighted by Gasteiger charge is -2.32. The quantitative estimate of drug-likeness (QED) is 0.564. The molecule has 0 aromatic carbocycles. The Bertz CT molecular complexity index is 253. The van der Waals surface area contributed by atoms with Crippen LogP contribution in [0.3, 0.4) is 0 Å². The molecule has 1 aliphatic carbocycles. The number of hydrogen-bond donors (Lipinski definition) is 3. The Morgan fingerprint density at radius 3 is 1.54 bits per heavy atom. The molecule has 2 aliphatic rings. The molecule has 154 valence electrons. The lowest BCUT2D eigenvalue weighted by atomic mass is 10.0. The van der Waals surface area contributed by atoms with Crippen molar-refractivity contribution in [2.75, 3.05) is 13.1 Å². The number of nitrogens with zero attached hydrogens (tertiary/aromatic N) is 1. The Kier molecular flexibility index (Phi) is 13.5. The van der Waals surface area contributed by atoms with Crippen LogP contribution < -0.4 is 16.5 Å². The summed E-state index contributed by atoms with van der Waals surface area (Å²) < 4.78 is 0. The van der Waals surface area contributed by atoms with Crippen LogP contribution in [0.25, 0.3) is 0 Å². The zero-order valence-corrected chi connectivity index (χ0v) is 17.4. The van der Waals surface area contributed by atoms with Gasteiger partial charge in [0.2, 0.25) is 0 Å². The highest BCUT2D eigenvalue weighted by atomic mass is 15.8. The Morgan fingerprint density at radius 2 is 0.962 bits per heavy atom. The van der Waals surface area contributed by atoms with Gasteiger partial charge in [-0.15, -0.1) is 0 Å². The number of hydrazine groups is 3. The van der Waals surface area contributed by atoms with Gasteiger partial charge >= 0.3 is 0 Å². The van der Waals surface area contributed by atoms with Crippen molar-refractivity contribution in [1.29, 1.82) is 0 Å². The highest BCUT2D eigenvalue weighted by Gasteiger charge is 2.18. The van der Waals surface area contributed by atoms with Gasteiger partial charge in [-0.05, 0) is 25.7 Å². The van der Waals surface area contributed by atoms with Crippen LogP contribution in [0.4, 0.5) is 0 Å². The molecule has 1 saturated heterocycles. The van der Waals surface area contributed by atoms with Crippen LogP contribution in [0.15, 0.2) is 0 Å². The lowest BCUT2D eigenvalue weighted by molar-refractivity contribution is 0.0674. The maximum atomic E-state index is 3.52. The molecule has 2 rings (SSSR count). The minimum atomic E-state index is 0.690. The summed E-state index contributed by atoms with van der Waals surface area (Å²) in [6, 6.07) is 0.690. The van der Waals surface area contributed by atoms with Crippen LogP contribution >= 0.6 is 0 Å². The molecule has 1 saturated carbocycles. The first-order valence-corrected chi connectivity index (χ1v) is 12.0. The second-order valence-corrected chi connectivity index (χ2v) is 8.60. The molecule has 1 heterocycles. The second kappa shape index (κ2) is 15.9. The molecule has 4 heteroatoms. The first-order valence-electron chi connectivity index (χ1n) is 12.0. The third-order valence-corrected chi connectivity index (χ3v) is 6.25. The molecule has 0 spiro atoms. The van der Waals surface area contributed by atoms with E-state index in [0.717, 1.165) is 6.54 Å².